The molecule has 0 unspecified atom stereocenters. The molecule has 0 bridgehead atoms. The van der Waals surface area contributed by atoms with Gasteiger partial charge in [-0.05, 0) is 125 Å². The zero-order valence-electron chi connectivity index (χ0n) is 29.1. The zero-order valence-corrected chi connectivity index (χ0v) is 30.0. The van der Waals surface area contributed by atoms with Crippen molar-refractivity contribution in [3.8, 4) is 33.4 Å². The number of hydrogen-bond donors (Lipinski definition) is 0. The summed E-state index contributed by atoms with van der Waals surface area (Å²) in [6, 6.07) is 66.8. The Balaban J connectivity index is 0.979. The second-order valence-electron chi connectivity index (χ2n) is 14.4. The second kappa shape index (κ2) is 11.4. The fourth-order valence-corrected chi connectivity index (χ4v) is 10.1. The summed E-state index contributed by atoms with van der Waals surface area (Å²) in [6.07, 6.45) is 0. The molecule has 12 aromatic rings. The normalized spacial score (nSPS) is 12.1. The maximum Gasteiger partial charge on any atom is 0.136 e. The van der Waals surface area contributed by atoms with Crippen LogP contribution < -0.4 is 0 Å². The first-order chi connectivity index (χ1) is 26.7. The lowest BCUT2D eigenvalue weighted by Crippen LogP contribution is -1.90. The molecule has 250 valence electrons. The highest BCUT2D eigenvalue weighted by Crippen LogP contribution is 2.45. The number of thiophene rings is 1. The van der Waals surface area contributed by atoms with E-state index < -0.39 is 0 Å². The van der Waals surface area contributed by atoms with Crippen LogP contribution in [0.15, 0.2) is 186 Å². The van der Waals surface area contributed by atoms with Crippen LogP contribution >= 0.6 is 11.3 Å². The first-order valence-electron chi connectivity index (χ1n) is 18.5. The standard InChI is InChI=1S/C52H30OS/c1-2-10-31(11-3-1)50-38-12-4-6-14-40(38)51(41-15-7-5-13-39(41)50)37-21-20-32-26-33(18-19-34(32)27-37)35-22-24-46-44(28-35)45-29-36-23-25-49-52(43(36)30-47(45)53-46)42-16-8-9-17-48(42)54-49/h1-30H. The van der Waals surface area contributed by atoms with Crippen LogP contribution in [0.4, 0.5) is 0 Å². The number of fused-ring (bicyclic) bond motifs is 11. The van der Waals surface area contributed by atoms with Gasteiger partial charge in [-0.1, -0.05) is 133 Å². The van der Waals surface area contributed by atoms with Crippen molar-refractivity contribution in [1.82, 2.24) is 0 Å². The molecule has 0 radical (unpaired) electrons. The summed E-state index contributed by atoms with van der Waals surface area (Å²) < 4.78 is 9.14. The van der Waals surface area contributed by atoms with Gasteiger partial charge in [0.25, 0.3) is 0 Å². The van der Waals surface area contributed by atoms with E-state index >= 15 is 0 Å². The molecule has 0 aliphatic rings. The maximum atomic E-state index is 6.51. The summed E-state index contributed by atoms with van der Waals surface area (Å²) in [5.41, 5.74) is 9.27. The molecule has 0 aliphatic carbocycles. The van der Waals surface area contributed by atoms with Crippen molar-refractivity contribution < 1.29 is 4.42 Å². The molecule has 0 spiro atoms. The molecule has 2 heterocycles. The largest absolute Gasteiger partial charge is 0.456 e. The topological polar surface area (TPSA) is 13.1 Å². The highest BCUT2D eigenvalue weighted by molar-refractivity contribution is 7.26. The first kappa shape index (κ1) is 29.8. The highest BCUT2D eigenvalue weighted by Gasteiger charge is 2.18. The van der Waals surface area contributed by atoms with E-state index in [0.717, 1.165) is 21.9 Å². The fraction of sp³-hybridized carbons (Fsp3) is 0. The van der Waals surface area contributed by atoms with Crippen LogP contribution in [0.3, 0.4) is 0 Å². The summed E-state index contributed by atoms with van der Waals surface area (Å²) in [6.45, 7) is 0. The van der Waals surface area contributed by atoms with Crippen LogP contribution in [-0.2, 0) is 0 Å². The quantitative estimate of drug-likeness (QED) is 0.167. The average molecular weight is 703 g/mol. The van der Waals surface area contributed by atoms with Crippen LogP contribution in [-0.4, -0.2) is 0 Å². The van der Waals surface area contributed by atoms with E-state index in [1.807, 2.05) is 11.3 Å². The molecule has 2 heteroatoms. The predicted octanol–water partition coefficient (Wildman–Crippen LogP) is 15.6. The lowest BCUT2D eigenvalue weighted by molar-refractivity contribution is 0.669. The molecular formula is C52H30OS. The third-order valence-corrected chi connectivity index (χ3v) is 12.5. The Bertz CT molecular complexity index is 3440. The molecule has 12 rings (SSSR count). The van der Waals surface area contributed by atoms with Crippen LogP contribution in [0.25, 0.3) is 119 Å². The summed E-state index contributed by atoms with van der Waals surface area (Å²) >= 11 is 1.86. The van der Waals surface area contributed by atoms with Crippen molar-refractivity contribution in [2.75, 3.05) is 0 Å². The molecule has 0 saturated carbocycles. The van der Waals surface area contributed by atoms with Crippen molar-refractivity contribution in [1.29, 1.82) is 0 Å². The van der Waals surface area contributed by atoms with Crippen molar-refractivity contribution in [3.05, 3.63) is 182 Å². The Kier molecular flexibility index (Phi) is 6.28. The summed E-state index contributed by atoms with van der Waals surface area (Å²) in [4.78, 5) is 0. The average Bonchev–Trinajstić information content (AvgIpc) is 3.79. The minimum atomic E-state index is 0.915. The Morgan fingerprint density at radius 3 is 1.59 bits per heavy atom. The van der Waals surface area contributed by atoms with Crippen LogP contribution in [0, 0.1) is 0 Å². The van der Waals surface area contributed by atoms with E-state index in [0.29, 0.717) is 0 Å². The lowest BCUT2D eigenvalue weighted by Gasteiger charge is -2.18. The Labute approximate surface area is 314 Å². The lowest BCUT2D eigenvalue weighted by atomic mass is 9.85. The predicted molar refractivity (Wildman–Crippen MR) is 233 cm³/mol. The van der Waals surface area contributed by atoms with E-state index in [1.165, 1.54) is 96.6 Å². The molecule has 10 aromatic carbocycles. The third-order valence-electron chi connectivity index (χ3n) is 11.4. The molecule has 0 saturated heterocycles. The van der Waals surface area contributed by atoms with Gasteiger partial charge >= 0.3 is 0 Å². The molecule has 0 amide bonds. The van der Waals surface area contributed by atoms with Crippen LogP contribution in [0.1, 0.15) is 0 Å². The Hall–Kier alpha value is -6.74. The number of rotatable bonds is 3. The molecule has 0 fully saturated rings. The van der Waals surface area contributed by atoms with Crippen LogP contribution in [0.2, 0.25) is 0 Å². The highest BCUT2D eigenvalue weighted by atomic mass is 32.1. The van der Waals surface area contributed by atoms with Crippen LogP contribution in [0.5, 0.6) is 0 Å². The van der Waals surface area contributed by atoms with Gasteiger partial charge in [0.2, 0.25) is 0 Å². The molecule has 2 aromatic heterocycles. The van der Waals surface area contributed by atoms with Gasteiger partial charge in [0.1, 0.15) is 11.2 Å². The smallest absolute Gasteiger partial charge is 0.136 e. The van der Waals surface area contributed by atoms with Gasteiger partial charge in [0.15, 0.2) is 0 Å². The number of furan rings is 1. The van der Waals surface area contributed by atoms with Gasteiger partial charge in [-0.15, -0.1) is 11.3 Å². The zero-order chi connectivity index (χ0) is 35.3. The van der Waals surface area contributed by atoms with Crippen molar-refractivity contribution in [2.24, 2.45) is 0 Å². The molecule has 54 heavy (non-hydrogen) atoms. The SMILES string of the molecule is c1ccc(-c2c3ccccc3c(-c3ccc4cc(-c5ccc6oc7cc8c(ccc9sc%10ccccc%10c98)cc7c6c5)ccc4c3)c3ccccc23)cc1. The molecule has 0 atom stereocenters. The number of hydrogen-bond acceptors (Lipinski definition) is 2. The third kappa shape index (κ3) is 4.38. The fourth-order valence-electron chi connectivity index (χ4n) is 8.93. The Morgan fingerprint density at radius 1 is 0.296 bits per heavy atom. The summed E-state index contributed by atoms with van der Waals surface area (Å²) in [5, 5.41) is 15.0. The van der Waals surface area contributed by atoms with Gasteiger partial charge < -0.3 is 4.42 Å². The maximum absolute atomic E-state index is 6.51. The van der Waals surface area contributed by atoms with E-state index in [9.17, 15) is 0 Å². The van der Waals surface area contributed by atoms with E-state index in [2.05, 4.69) is 182 Å². The molecule has 1 nitrogen and oxygen atoms in total. The van der Waals surface area contributed by atoms with Crippen molar-refractivity contribution in [3.63, 3.8) is 0 Å². The van der Waals surface area contributed by atoms with Gasteiger partial charge in [-0.2, -0.15) is 0 Å². The van der Waals surface area contributed by atoms with Gasteiger partial charge in [-0.25, -0.2) is 0 Å². The minimum Gasteiger partial charge on any atom is -0.456 e. The molecule has 0 N–H and O–H groups in total. The molecular weight excluding hydrogens is 673 g/mol. The monoisotopic (exact) mass is 702 g/mol. The minimum absolute atomic E-state index is 0.915. The van der Waals surface area contributed by atoms with E-state index in [-0.39, 0.29) is 0 Å². The van der Waals surface area contributed by atoms with Gasteiger partial charge in [0, 0.05) is 30.9 Å². The molecule has 0 aliphatic heterocycles. The Morgan fingerprint density at radius 2 is 0.852 bits per heavy atom. The van der Waals surface area contributed by atoms with E-state index in [1.54, 1.807) is 0 Å². The van der Waals surface area contributed by atoms with Crippen molar-refractivity contribution >= 4 is 96.5 Å². The van der Waals surface area contributed by atoms with E-state index in [4.69, 9.17) is 4.42 Å². The first-order valence-corrected chi connectivity index (χ1v) is 19.3. The van der Waals surface area contributed by atoms with Gasteiger partial charge in [-0.3, -0.25) is 0 Å². The van der Waals surface area contributed by atoms with Crippen molar-refractivity contribution in [2.45, 2.75) is 0 Å². The summed E-state index contributed by atoms with van der Waals surface area (Å²) in [5.74, 6) is 0. The van der Waals surface area contributed by atoms with Gasteiger partial charge in [0.05, 0.1) is 0 Å². The summed E-state index contributed by atoms with van der Waals surface area (Å²) in [7, 11) is 0. The second-order valence-corrected chi connectivity index (χ2v) is 15.5. The number of benzene rings is 10.